The second kappa shape index (κ2) is 8.11. The number of rotatable bonds is 5. The van der Waals surface area contributed by atoms with E-state index in [2.05, 4.69) is 25.3 Å². The molecule has 3 N–H and O–H groups in total. The van der Waals surface area contributed by atoms with E-state index in [4.69, 9.17) is 12.2 Å². The molecule has 0 aliphatic heterocycles. The number of anilines is 3. The van der Waals surface area contributed by atoms with Crippen LogP contribution in [-0.2, 0) is 10.0 Å². The maximum Gasteiger partial charge on any atom is 0.264 e. The summed E-state index contributed by atoms with van der Waals surface area (Å²) in [7, 11) is -3.78. The van der Waals surface area contributed by atoms with Gasteiger partial charge in [0.15, 0.2) is 5.11 Å². The highest BCUT2D eigenvalue weighted by Gasteiger charge is 2.15. The van der Waals surface area contributed by atoms with Crippen molar-refractivity contribution in [2.75, 3.05) is 15.4 Å². The average Bonchev–Trinajstić information content (AvgIpc) is 2.62. The van der Waals surface area contributed by atoms with Crippen LogP contribution >= 0.6 is 12.2 Å². The zero-order valence-corrected chi connectivity index (χ0v) is 16.0. The Kier molecular flexibility index (Phi) is 5.63. The number of hydrogen-bond acceptors (Lipinski definition) is 5. The Morgan fingerprint density at radius 3 is 2.19 bits per heavy atom. The maximum atomic E-state index is 12.4. The van der Waals surface area contributed by atoms with Crippen molar-refractivity contribution < 1.29 is 8.42 Å². The van der Waals surface area contributed by atoms with E-state index in [1.165, 1.54) is 18.3 Å². The van der Waals surface area contributed by atoms with Gasteiger partial charge in [0.25, 0.3) is 10.0 Å². The molecule has 0 aliphatic rings. The Labute approximate surface area is 162 Å². The Hall–Kier alpha value is -3.04. The minimum Gasteiger partial charge on any atom is -0.332 e. The number of hydrogen-bond donors (Lipinski definition) is 3. The normalized spacial score (nSPS) is 10.9. The van der Waals surface area contributed by atoms with Crippen LogP contribution in [0.25, 0.3) is 0 Å². The van der Waals surface area contributed by atoms with E-state index in [0.717, 1.165) is 5.69 Å². The minimum absolute atomic E-state index is 0.0328. The predicted octanol–water partition coefficient (Wildman–Crippen LogP) is 3.39. The standard InChI is InChI=1S/C18H17N5O2S2/c1-13-11-12-19-17(20-13)23-27(24,25)16-9-7-15(8-10-16)22-18(26)21-14-5-3-2-4-6-14/h2-12H,1H3,(H,19,20,23)(H2,21,22,26). The molecule has 0 amide bonds. The van der Waals surface area contributed by atoms with Crippen LogP contribution in [0.15, 0.2) is 71.8 Å². The van der Waals surface area contributed by atoms with Crippen molar-refractivity contribution >= 4 is 44.7 Å². The van der Waals surface area contributed by atoms with Gasteiger partial charge in [0.1, 0.15) is 0 Å². The predicted molar refractivity (Wildman–Crippen MR) is 110 cm³/mol. The molecule has 9 heteroatoms. The monoisotopic (exact) mass is 399 g/mol. The van der Waals surface area contributed by atoms with Gasteiger partial charge in [0, 0.05) is 23.3 Å². The number of benzene rings is 2. The minimum atomic E-state index is -3.78. The van der Waals surface area contributed by atoms with E-state index in [1.807, 2.05) is 30.3 Å². The molecular formula is C18H17N5O2S2. The quantitative estimate of drug-likeness (QED) is 0.566. The summed E-state index contributed by atoms with van der Waals surface area (Å²) in [5.41, 5.74) is 2.19. The van der Waals surface area contributed by atoms with Crippen LogP contribution in [0, 0.1) is 6.92 Å². The van der Waals surface area contributed by atoms with E-state index in [-0.39, 0.29) is 10.8 Å². The first-order valence-electron chi connectivity index (χ1n) is 7.98. The summed E-state index contributed by atoms with van der Waals surface area (Å²) in [6.07, 6.45) is 1.49. The molecule has 138 valence electrons. The van der Waals surface area contributed by atoms with Crippen LogP contribution in [0.2, 0.25) is 0 Å². The number of nitrogens with zero attached hydrogens (tertiary/aromatic N) is 2. The molecule has 1 aromatic heterocycles. The number of thiocarbonyl (C=S) groups is 1. The highest BCUT2D eigenvalue weighted by Crippen LogP contribution is 2.17. The van der Waals surface area contributed by atoms with Crippen molar-refractivity contribution in [3.8, 4) is 0 Å². The van der Waals surface area contributed by atoms with E-state index < -0.39 is 10.0 Å². The van der Waals surface area contributed by atoms with Gasteiger partial charge in [0.2, 0.25) is 5.95 Å². The van der Waals surface area contributed by atoms with Gasteiger partial charge >= 0.3 is 0 Å². The lowest BCUT2D eigenvalue weighted by Gasteiger charge is -2.11. The number of nitrogens with one attached hydrogen (secondary N) is 3. The fourth-order valence-electron chi connectivity index (χ4n) is 2.21. The Bertz CT molecular complexity index is 1040. The van der Waals surface area contributed by atoms with E-state index in [0.29, 0.717) is 16.5 Å². The topological polar surface area (TPSA) is 96.0 Å². The highest BCUT2D eigenvalue weighted by atomic mass is 32.2. The first-order chi connectivity index (χ1) is 12.9. The SMILES string of the molecule is Cc1ccnc(NS(=O)(=O)c2ccc(NC(=S)Nc3ccccc3)cc2)n1. The molecule has 0 saturated heterocycles. The third-order valence-electron chi connectivity index (χ3n) is 3.47. The number of aromatic nitrogens is 2. The van der Waals surface area contributed by atoms with Gasteiger partial charge < -0.3 is 10.6 Å². The summed E-state index contributed by atoms with van der Waals surface area (Å²) in [6.45, 7) is 1.76. The van der Waals surface area contributed by atoms with Crippen LogP contribution in [0.1, 0.15) is 5.69 Å². The fraction of sp³-hybridized carbons (Fsp3) is 0.0556. The van der Waals surface area contributed by atoms with E-state index in [1.54, 1.807) is 25.1 Å². The Morgan fingerprint density at radius 1 is 0.926 bits per heavy atom. The summed E-state index contributed by atoms with van der Waals surface area (Å²) in [5.74, 6) is 0.0328. The molecule has 3 rings (SSSR count). The fourth-order valence-corrected chi connectivity index (χ4v) is 3.40. The second-order valence-corrected chi connectivity index (χ2v) is 7.69. The van der Waals surface area contributed by atoms with Crippen LogP contribution < -0.4 is 15.4 Å². The largest absolute Gasteiger partial charge is 0.332 e. The van der Waals surface area contributed by atoms with Crippen molar-refractivity contribution in [1.29, 1.82) is 0 Å². The van der Waals surface area contributed by atoms with E-state index >= 15 is 0 Å². The maximum absolute atomic E-state index is 12.4. The highest BCUT2D eigenvalue weighted by molar-refractivity contribution is 7.92. The van der Waals surface area contributed by atoms with Crippen molar-refractivity contribution in [3.63, 3.8) is 0 Å². The van der Waals surface area contributed by atoms with Crippen LogP contribution in [0.3, 0.4) is 0 Å². The summed E-state index contributed by atoms with van der Waals surface area (Å²) in [5, 5.41) is 6.46. The lowest BCUT2D eigenvalue weighted by Crippen LogP contribution is -2.19. The molecule has 27 heavy (non-hydrogen) atoms. The Morgan fingerprint density at radius 2 is 1.56 bits per heavy atom. The smallest absolute Gasteiger partial charge is 0.264 e. The van der Waals surface area contributed by atoms with Gasteiger partial charge in [-0.05, 0) is 61.6 Å². The van der Waals surface area contributed by atoms with Crippen molar-refractivity contribution in [1.82, 2.24) is 9.97 Å². The Balaban J connectivity index is 1.66. The zero-order chi connectivity index (χ0) is 19.3. The first kappa shape index (κ1) is 18.7. The molecule has 2 aromatic carbocycles. The lowest BCUT2D eigenvalue weighted by molar-refractivity contribution is 0.601. The van der Waals surface area contributed by atoms with Crippen LogP contribution in [0.5, 0.6) is 0 Å². The van der Waals surface area contributed by atoms with Crippen LogP contribution in [-0.4, -0.2) is 23.5 Å². The summed E-state index contributed by atoms with van der Waals surface area (Å²) in [4.78, 5) is 8.05. The van der Waals surface area contributed by atoms with Crippen molar-refractivity contribution in [2.45, 2.75) is 11.8 Å². The number of sulfonamides is 1. The molecule has 0 bridgehead atoms. The third-order valence-corrected chi connectivity index (χ3v) is 5.02. The molecule has 0 spiro atoms. The van der Waals surface area contributed by atoms with Crippen molar-refractivity contribution in [3.05, 3.63) is 72.6 Å². The zero-order valence-electron chi connectivity index (χ0n) is 14.4. The summed E-state index contributed by atoms with van der Waals surface area (Å²) >= 11 is 5.25. The molecule has 0 radical (unpaired) electrons. The molecule has 3 aromatic rings. The van der Waals surface area contributed by atoms with Gasteiger partial charge in [-0.3, -0.25) is 0 Å². The van der Waals surface area contributed by atoms with Crippen molar-refractivity contribution in [2.24, 2.45) is 0 Å². The molecule has 0 saturated carbocycles. The molecule has 1 heterocycles. The van der Waals surface area contributed by atoms with E-state index in [9.17, 15) is 8.42 Å². The van der Waals surface area contributed by atoms with Gasteiger partial charge in [-0.1, -0.05) is 18.2 Å². The van der Waals surface area contributed by atoms with Gasteiger partial charge in [0.05, 0.1) is 4.90 Å². The first-order valence-corrected chi connectivity index (χ1v) is 9.87. The third kappa shape index (κ3) is 5.22. The number of para-hydroxylation sites is 1. The summed E-state index contributed by atoms with van der Waals surface area (Å²) in [6, 6.07) is 17.4. The van der Waals surface area contributed by atoms with Gasteiger partial charge in [-0.25, -0.2) is 23.1 Å². The number of aryl methyl sites for hydroxylation is 1. The van der Waals surface area contributed by atoms with Gasteiger partial charge in [-0.15, -0.1) is 0 Å². The summed E-state index contributed by atoms with van der Waals surface area (Å²) < 4.78 is 27.2. The molecule has 7 nitrogen and oxygen atoms in total. The molecule has 0 fully saturated rings. The lowest BCUT2D eigenvalue weighted by atomic mass is 10.3. The molecule has 0 aliphatic carbocycles. The molecule has 0 atom stereocenters. The second-order valence-electron chi connectivity index (χ2n) is 5.60. The molecular weight excluding hydrogens is 382 g/mol. The van der Waals surface area contributed by atoms with Crippen LogP contribution in [0.4, 0.5) is 17.3 Å². The van der Waals surface area contributed by atoms with Gasteiger partial charge in [-0.2, -0.15) is 0 Å². The average molecular weight is 400 g/mol. The molecule has 0 unspecified atom stereocenters.